The van der Waals surface area contributed by atoms with Crippen molar-refractivity contribution in [3.8, 4) is 44.5 Å². The summed E-state index contributed by atoms with van der Waals surface area (Å²) >= 11 is 0. The largest absolute Gasteiger partial charge is 0.264 e. The van der Waals surface area contributed by atoms with Gasteiger partial charge in [0.1, 0.15) is 0 Å². The van der Waals surface area contributed by atoms with Gasteiger partial charge in [0.25, 0.3) is 0 Å². The minimum absolute atomic E-state index is 1.04. The summed E-state index contributed by atoms with van der Waals surface area (Å²) in [6, 6.07) is 29.7. The van der Waals surface area contributed by atoms with Crippen molar-refractivity contribution >= 4 is 21.5 Å². The van der Waals surface area contributed by atoms with Gasteiger partial charge in [-0.1, -0.05) is 60.7 Å². The molecule has 0 N–H and O–H groups in total. The van der Waals surface area contributed by atoms with E-state index in [1.54, 1.807) is 12.4 Å². The molecule has 0 saturated heterocycles. The molecular formula is C34H22N4. The van der Waals surface area contributed by atoms with Crippen LogP contribution in [0.1, 0.15) is 0 Å². The van der Waals surface area contributed by atoms with Crippen molar-refractivity contribution in [1.29, 1.82) is 0 Å². The molecule has 0 fully saturated rings. The van der Waals surface area contributed by atoms with E-state index in [9.17, 15) is 0 Å². The Kier molecular flexibility index (Phi) is 5.41. The molecule has 0 atom stereocenters. The molecule has 3 aromatic carbocycles. The molecule has 4 aromatic heterocycles. The van der Waals surface area contributed by atoms with Crippen molar-refractivity contribution < 1.29 is 0 Å². The van der Waals surface area contributed by atoms with E-state index in [-0.39, 0.29) is 0 Å². The van der Waals surface area contributed by atoms with E-state index < -0.39 is 0 Å². The molecule has 4 heteroatoms. The van der Waals surface area contributed by atoms with Crippen LogP contribution < -0.4 is 0 Å². The Labute approximate surface area is 220 Å². The Morgan fingerprint density at radius 2 is 0.684 bits per heavy atom. The molecule has 0 spiro atoms. The van der Waals surface area contributed by atoms with Gasteiger partial charge < -0.3 is 0 Å². The van der Waals surface area contributed by atoms with Gasteiger partial charge in [-0.15, -0.1) is 0 Å². The topological polar surface area (TPSA) is 51.6 Å². The van der Waals surface area contributed by atoms with Crippen LogP contribution in [0.4, 0.5) is 0 Å². The fraction of sp³-hybridized carbons (Fsp3) is 0. The van der Waals surface area contributed by atoms with Gasteiger partial charge in [-0.25, -0.2) is 0 Å². The minimum Gasteiger partial charge on any atom is -0.264 e. The summed E-state index contributed by atoms with van der Waals surface area (Å²) in [5, 5.41) is 4.72. The molecule has 7 rings (SSSR count). The molecule has 0 amide bonds. The van der Waals surface area contributed by atoms with Gasteiger partial charge in [0.05, 0.1) is 0 Å². The Hall–Kier alpha value is -5.22. The Morgan fingerprint density at radius 3 is 1.05 bits per heavy atom. The summed E-state index contributed by atoms with van der Waals surface area (Å²) in [7, 11) is 0. The summed E-state index contributed by atoms with van der Waals surface area (Å²) < 4.78 is 0. The highest BCUT2D eigenvalue weighted by Crippen LogP contribution is 2.44. The zero-order valence-corrected chi connectivity index (χ0v) is 20.5. The second kappa shape index (κ2) is 9.34. The van der Waals surface area contributed by atoms with Crippen molar-refractivity contribution in [2.45, 2.75) is 0 Å². The normalized spacial score (nSPS) is 11.2. The predicted molar refractivity (Wildman–Crippen MR) is 154 cm³/mol. The summed E-state index contributed by atoms with van der Waals surface area (Å²) in [6.45, 7) is 0. The van der Waals surface area contributed by atoms with Crippen LogP contribution in [-0.2, 0) is 0 Å². The van der Waals surface area contributed by atoms with Crippen LogP contribution >= 0.6 is 0 Å². The number of fused-ring (bicyclic) bond motifs is 2. The van der Waals surface area contributed by atoms with Crippen LogP contribution in [0.3, 0.4) is 0 Å². The second-order valence-electron chi connectivity index (χ2n) is 9.25. The van der Waals surface area contributed by atoms with Crippen LogP contribution in [0.2, 0.25) is 0 Å². The van der Waals surface area contributed by atoms with Gasteiger partial charge in [0.15, 0.2) is 0 Å². The van der Waals surface area contributed by atoms with E-state index >= 15 is 0 Å². The van der Waals surface area contributed by atoms with E-state index in [1.807, 2.05) is 49.3 Å². The first-order valence-corrected chi connectivity index (χ1v) is 12.5. The highest BCUT2D eigenvalue weighted by Gasteiger charge is 2.17. The molecule has 38 heavy (non-hydrogen) atoms. The third-order valence-corrected chi connectivity index (χ3v) is 6.98. The molecule has 0 aliphatic heterocycles. The van der Waals surface area contributed by atoms with Gasteiger partial charge in [0, 0.05) is 83.0 Å². The van der Waals surface area contributed by atoms with Gasteiger partial charge in [-0.3, -0.25) is 19.9 Å². The fourth-order valence-electron chi connectivity index (χ4n) is 5.29. The van der Waals surface area contributed by atoms with Crippen LogP contribution in [0.25, 0.3) is 66.1 Å². The zero-order valence-electron chi connectivity index (χ0n) is 20.5. The zero-order chi connectivity index (χ0) is 25.3. The lowest BCUT2D eigenvalue weighted by Gasteiger charge is -2.18. The standard InChI is InChI=1S/C34H22N4/c1-2-10-30-29(9-1)33(27-15-25(19-37-21-27)23-7-5-13-35-17-23)31-11-3-4-12-32(31)34(30)28-16-26(20-38-22-28)24-8-6-14-36-18-24/h1-22H. The molecule has 7 aromatic rings. The van der Waals surface area contributed by atoms with E-state index in [1.165, 1.54) is 32.7 Å². The van der Waals surface area contributed by atoms with Crippen molar-refractivity contribution in [2.75, 3.05) is 0 Å². The summed E-state index contributed by atoms with van der Waals surface area (Å²) in [6.07, 6.45) is 15.0. The fourth-order valence-corrected chi connectivity index (χ4v) is 5.29. The van der Waals surface area contributed by atoms with E-state index in [2.05, 4.69) is 92.7 Å². The van der Waals surface area contributed by atoms with Gasteiger partial charge >= 0.3 is 0 Å². The Bertz CT molecular complexity index is 1720. The number of nitrogens with zero attached hydrogens (tertiary/aromatic N) is 4. The van der Waals surface area contributed by atoms with Crippen LogP contribution in [-0.4, -0.2) is 19.9 Å². The van der Waals surface area contributed by atoms with Crippen LogP contribution in [0.15, 0.2) is 135 Å². The first-order chi connectivity index (χ1) is 18.9. The quantitative estimate of drug-likeness (QED) is 0.235. The average Bonchev–Trinajstić information content (AvgIpc) is 3.01. The molecule has 4 heterocycles. The number of pyridine rings is 4. The highest BCUT2D eigenvalue weighted by atomic mass is 14.6. The second-order valence-corrected chi connectivity index (χ2v) is 9.25. The Balaban J connectivity index is 1.51. The van der Waals surface area contributed by atoms with Crippen molar-refractivity contribution in [2.24, 2.45) is 0 Å². The number of hydrogen-bond donors (Lipinski definition) is 0. The molecule has 0 saturated carbocycles. The Morgan fingerprint density at radius 1 is 0.316 bits per heavy atom. The molecule has 0 aliphatic rings. The lowest BCUT2D eigenvalue weighted by Crippen LogP contribution is -1.93. The smallest absolute Gasteiger partial charge is 0.0347 e. The number of aromatic nitrogens is 4. The highest BCUT2D eigenvalue weighted by molar-refractivity contribution is 6.21. The molecule has 4 nitrogen and oxygen atoms in total. The molecular weight excluding hydrogens is 464 g/mol. The van der Waals surface area contributed by atoms with E-state index in [0.717, 1.165) is 33.4 Å². The van der Waals surface area contributed by atoms with Gasteiger partial charge in [-0.2, -0.15) is 0 Å². The van der Waals surface area contributed by atoms with Crippen LogP contribution in [0, 0.1) is 0 Å². The summed E-state index contributed by atoms with van der Waals surface area (Å²) in [5.74, 6) is 0. The van der Waals surface area contributed by atoms with Crippen molar-refractivity contribution in [1.82, 2.24) is 19.9 Å². The summed E-state index contributed by atoms with van der Waals surface area (Å²) in [4.78, 5) is 17.9. The average molecular weight is 487 g/mol. The van der Waals surface area contributed by atoms with Crippen LogP contribution in [0.5, 0.6) is 0 Å². The molecule has 0 unspecified atom stereocenters. The lowest BCUT2D eigenvalue weighted by molar-refractivity contribution is 1.30. The lowest BCUT2D eigenvalue weighted by atomic mass is 9.86. The minimum atomic E-state index is 1.04. The van der Waals surface area contributed by atoms with E-state index in [0.29, 0.717) is 0 Å². The number of rotatable bonds is 4. The molecule has 0 aliphatic carbocycles. The number of benzene rings is 3. The number of hydrogen-bond acceptors (Lipinski definition) is 4. The van der Waals surface area contributed by atoms with Crippen molar-refractivity contribution in [3.05, 3.63) is 135 Å². The molecule has 0 bridgehead atoms. The third-order valence-electron chi connectivity index (χ3n) is 6.98. The van der Waals surface area contributed by atoms with Gasteiger partial charge in [0.2, 0.25) is 0 Å². The summed E-state index contributed by atoms with van der Waals surface area (Å²) in [5.41, 5.74) is 8.68. The van der Waals surface area contributed by atoms with E-state index in [4.69, 9.17) is 0 Å². The maximum absolute atomic E-state index is 4.63. The first-order valence-electron chi connectivity index (χ1n) is 12.5. The molecule has 178 valence electrons. The van der Waals surface area contributed by atoms with Crippen molar-refractivity contribution in [3.63, 3.8) is 0 Å². The maximum atomic E-state index is 4.63. The maximum Gasteiger partial charge on any atom is 0.0347 e. The molecule has 0 radical (unpaired) electrons. The third kappa shape index (κ3) is 3.80. The predicted octanol–water partition coefficient (Wildman–Crippen LogP) is 8.24. The first kappa shape index (κ1) is 22.0. The monoisotopic (exact) mass is 486 g/mol. The van der Waals surface area contributed by atoms with Gasteiger partial charge in [-0.05, 0) is 56.9 Å². The SMILES string of the molecule is c1cncc(-c2cncc(-c3c4ccccc4c(-c4cncc(-c5cccnc5)c4)c4ccccc34)c2)c1.